The second-order valence-corrected chi connectivity index (χ2v) is 6.23. The van der Waals surface area contributed by atoms with Crippen LogP contribution in [0.2, 0.25) is 0 Å². The van der Waals surface area contributed by atoms with Crippen molar-refractivity contribution >= 4 is 11.4 Å². The molecule has 7 heteroatoms. The van der Waals surface area contributed by atoms with Crippen molar-refractivity contribution in [3.63, 3.8) is 0 Å². The predicted octanol–water partition coefficient (Wildman–Crippen LogP) is 3.10. The molecule has 3 unspecified atom stereocenters. The van der Waals surface area contributed by atoms with Crippen molar-refractivity contribution in [2.24, 2.45) is 11.3 Å². The van der Waals surface area contributed by atoms with Crippen molar-refractivity contribution in [1.29, 1.82) is 0 Å². The van der Waals surface area contributed by atoms with Crippen LogP contribution in [-0.4, -0.2) is 23.7 Å². The van der Waals surface area contributed by atoms with Crippen LogP contribution in [0, 0.1) is 33.1 Å². The number of nitro benzene ring substituents is 1. The summed E-state index contributed by atoms with van der Waals surface area (Å²) in [5, 5.41) is 13.9. The van der Waals surface area contributed by atoms with Crippen LogP contribution < -0.4 is 5.32 Å². The van der Waals surface area contributed by atoms with Gasteiger partial charge in [0.1, 0.15) is 11.5 Å². The Balaban J connectivity index is 1.93. The first kappa shape index (κ1) is 14.2. The third-order valence-corrected chi connectivity index (χ3v) is 4.63. The van der Waals surface area contributed by atoms with Gasteiger partial charge in [0.05, 0.1) is 17.1 Å². The van der Waals surface area contributed by atoms with Crippen molar-refractivity contribution < 1.29 is 18.4 Å². The number of nitrogens with one attached hydrogen (secondary N) is 1. The maximum Gasteiger partial charge on any atom is 0.298 e. The molecule has 0 amide bonds. The van der Waals surface area contributed by atoms with Crippen LogP contribution in [0.15, 0.2) is 12.1 Å². The Bertz CT molecular complexity index is 606. The molecule has 1 aliphatic carbocycles. The van der Waals surface area contributed by atoms with E-state index >= 15 is 0 Å². The molecule has 1 aromatic rings. The Morgan fingerprint density at radius 2 is 2.14 bits per heavy atom. The lowest BCUT2D eigenvalue weighted by atomic mass is 9.57. The standard InChI is InChI=1S/C14H16F2N2O3/c1-14(2)12(8-3-4-21-13(8)14)17-11-9(16)5-7(15)6-10(11)18(19)20/h5-6,8,12-13,17H,3-4H2,1-2H3. The summed E-state index contributed by atoms with van der Waals surface area (Å²) in [7, 11) is 0. The molecule has 5 nitrogen and oxygen atoms in total. The van der Waals surface area contributed by atoms with Gasteiger partial charge in [0.2, 0.25) is 0 Å². The number of benzene rings is 1. The molecule has 21 heavy (non-hydrogen) atoms. The van der Waals surface area contributed by atoms with Gasteiger partial charge in [-0.25, -0.2) is 8.78 Å². The van der Waals surface area contributed by atoms with Gasteiger partial charge >= 0.3 is 0 Å². The first-order valence-corrected chi connectivity index (χ1v) is 6.84. The van der Waals surface area contributed by atoms with Crippen molar-refractivity contribution in [2.75, 3.05) is 11.9 Å². The van der Waals surface area contributed by atoms with E-state index in [0.29, 0.717) is 12.7 Å². The van der Waals surface area contributed by atoms with Crippen molar-refractivity contribution in [3.8, 4) is 0 Å². The molecule has 0 bridgehead atoms. The normalized spacial score (nSPS) is 29.6. The maximum absolute atomic E-state index is 13.9. The topological polar surface area (TPSA) is 64.4 Å². The fraction of sp³-hybridized carbons (Fsp3) is 0.571. The van der Waals surface area contributed by atoms with E-state index in [-0.39, 0.29) is 29.2 Å². The van der Waals surface area contributed by atoms with E-state index in [9.17, 15) is 18.9 Å². The minimum atomic E-state index is -0.959. The highest BCUT2D eigenvalue weighted by atomic mass is 19.1. The van der Waals surface area contributed by atoms with Gasteiger partial charge in [-0.2, -0.15) is 0 Å². The number of ether oxygens (including phenoxy) is 1. The molecule has 1 aliphatic heterocycles. The molecule has 0 radical (unpaired) electrons. The van der Waals surface area contributed by atoms with Crippen molar-refractivity contribution in [1.82, 2.24) is 0 Å². The minimum absolute atomic E-state index is 0.0811. The van der Waals surface area contributed by atoms with Crippen molar-refractivity contribution in [3.05, 3.63) is 33.9 Å². The predicted molar refractivity (Wildman–Crippen MR) is 72.1 cm³/mol. The molecular weight excluding hydrogens is 282 g/mol. The fourth-order valence-corrected chi connectivity index (χ4v) is 3.62. The first-order valence-electron chi connectivity index (χ1n) is 6.84. The highest BCUT2D eigenvalue weighted by Gasteiger charge is 2.59. The molecule has 1 aromatic carbocycles. The zero-order valence-corrected chi connectivity index (χ0v) is 11.7. The summed E-state index contributed by atoms with van der Waals surface area (Å²) >= 11 is 0. The summed E-state index contributed by atoms with van der Waals surface area (Å²) in [6.07, 6.45) is 0.917. The summed E-state index contributed by atoms with van der Waals surface area (Å²) in [6, 6.07) is 1.26. The molecule has 1 heterocycles. The summed E-state index contributed by atoms with van der Waals surface area (Å²) in [5.74, 6) is -1.70. The molecule has 0 spiro atoms. The van der Waals surface area contributed by atoms with Crippen LogP contribution in [0.1, 0.15) is 20.3 Å². The van der Waals surface area contributed by atoms with Crippen LogP contribution >= 0.6 is 0 Å². The Kier molecular flexibility index (Phi) is 3.12. The zero-order valence-electron chi connectivity index (χ0n) is 11.7. The number of nitro groups is 1. The second kappa shape index (κ2) is 4.62. The molecule has 114 valence electrons. The summed E-state index contributed by atoms with van der Waals surface area (Å²) < 4.78 is 32.8. The number of halogens is 2. The molecule has 3 rings (SSSR count). The fourth-order valence-electron chi connectivity index (χ4n) is 3.62. The number of fused-ring (bicyclic) bond motifs is 1. The molecule has 2 fully saturated rings. The lowest BCUT2D eigenvalue weighted by molar-refractivity contribution is -0.384. The van der Waals surface area contributed by atoms with E-state index in [0.717, 1.165) is 12.5 Å². The van der Waals surface area contributed by atoms with Crippen LogP contribution in [0.5, 0.6) is 0 Å². The van der Waals surface area contributed by atoms with E-state index < -0.39 is 22.2 Å². The Labute approximate surface area is 120 Å². The van der Waals surface area contributed by atoms with Crippen molar-refractivity contribution in [2.45, 2.75) is 32.4 Å². The van der Waals surface area contributed by atoms with E-state index in [2.05, 4.69) is 5.32 Å². The summed E-state index contributed by atoms with van der Waals surface area (Å²) in [6.45, 7) is 4.60. The van der Waals surface area contributed by atoms with Gasteiger partial charge in [0, 0.05) is 30.0 Å². The number of hydrogen-bond donors (Lipinski definition) is 1. The quantitative estimate of drug-likeness (QED) is 0.688. The molecular formula is C14H16F2N2O3. The third-order valence-electron chi connectivity index (χ3n) is 4.63. The number of rotatable bonds is 3. The van der Waals surface area contributed by atoms with Gasteiger partial charge in [-0.15, -0.1) is 0 Å². The highest BCUT2D eigenvalue weighted by Crippen LogP contribution is 2.53. The third kappa shape index (κ3) is 2.07. The van der Waals surface area contributed by atoms with E-state index in [1.165, 1.54) is 0 Å². The monoisotopic (exact) mass is 298 g/mol. The minimum Gasteiger partial charge on any atom is -0.377 e. The maximum atomic E-state index is 13.9. The Morgan fingerprint density at radius 1 is 1.43 bits per heavy atom. The zero-order chi connectivity index (χ0) is 15.4. The molecule has 3 atom stereocenters. The van der Waals surface area contributed by atoms with Crippen LogP contribution in [0.25, 0.3) is 0 Å². The molecule has 2 aliphatic rings. The van der Waals surface area contributed by atoms with Gasteiger partial charge < -0.3 is 10.1 Å². The van der Waals surface area contributed by atoms with E-state index in [1.54, 1.807) is 0 Å². The van der Waals surface area contributed by atoms with Gasteiger partial charge in [-0.05, 0) is 6.42 Å². The number of nitrogens with zero attached hydrogens (tertiary/aromatic N) is 1. The SMILES string of the molecule is CC1(C)C(Nc2c(F)cc(F)cc2[N+](=O)[O-])C2CCOC21. The second-order valence-electron chi connectivity index (χ2n) is 6.23. The average molecular weight is 298 g/mol. The number of hydrogen-bond acceptors (Lipinski definition) is 4. The largest absolute Gasteiger partial charge is 0.377 e. The molecule has 0 aromatic heterocycles. The van der Waals surface area contributed by atoms with Gasteiger partial charge in [-0.3, -0.25) is 10.1 Å². The highest BCUT2D eigenvalue weighted by molar-refractivity contribution is 5.63. The van der Waals surface area contributed by atoms with Gasteiger partial charge in [0.25, 0.3) is 5.69 Å². The van der Waals surface area contributed by atoms with Gasteiger partial charge in [0.15, 0.2) is 5.82 Å². The van der Waals surface area contributed by atoms with Crippen LogP contribution in [0.3, 0.4) is 0 Å². The average Bonchev–Trinajstić information content (AvgIpc) is 2.83. The van der Waals surface area contributed by atoms with E-state index in [1.807, 2.05) is 13.8 Å². The first-order chi connectivity index (χ1) is 9.82. The Hall–Kier alpha value is -1.76. The number of anilines is 1. The Morgan fingerprint density at radius 3 is 2.81 bits per heavy atom. The van der Waals surface area contributed by atoms with Crippen LogP contribution in [-0.2, 0) is 4.74 Å². The van der Waals surface area contributed by atoms with Gasteiger partial charge in [-0.1, -0.05) is 13.8 Å². The smallest absolute Gasteiger partial charge is 0.298 e. The summed E-state index contributed by atoms with van der Waals surface area (Å²) in [5.41, 5.74) is -1.08. The van der Waals surface area contributed by atoms with Crippen LogP contribution in [0.4, 0.5) is 20.2 Å². The lowest BCUT2D eigenvalue weighted by Gasteiger charge is -2.54. The molecule has 1 N–H and O–H groups in total. The summed E-state index contributed by atoms with van der Waals surface area (Å²) in [4.78, 5) is 10.2. The molecule has 1 saturated carbocycles. The lowest BCUT2D eigenvalue weighted by Crippen LogP contribution is -2.63. The molecule has 1 saturated heterocycles. The van der Waals surface area contributed by atoms with E-state index in [4.69, 9.17) is 4.74 Å².